The number of anilines is 1. The van der Waals surface area contributed by atoms with Crippen molar-refractivity contribution in [1.82, 2.24) is 10.2 Å². The van der Waals surface area contributed by atoms with E-state index in [1.807, 2.05) is 0 Å². The fraction of sp³-hybridized carbons (Fsp3) is 0.259. The van der Waals surface area contributed by atoms with Crippen LogP contribution in [0.4, 0.5) is 23.2 Å². The van der Waals surface area contributed by atoms with Gasteiger partial charge in [-0.1, -0.05) is 48.9 Å². The van der Waals surface area contributed by atoms with Crippen molar-refractivity contribution in [2.45, 2.75) is 37.0 Å². The first-order valence-electron chi connectivity index (χ1n) is 12.0. The van der Waals surface area contributed by atoms with E-state index in [1.165, 1.54) is 43.4 Å². The molecule has 13 heteroatoms. The second-order valence-corrected chi connectivity index (χ2v) is 10.9. The summed E-state index contributed by atoms with van der Waals surface area (Å²) in [6.07, 6.45) is -4.70. The molecule has 0 heterocycles. The average molecular weight is 600 g/mol. The molecule has 7 nitrogen and oxygen atoms in total. The minimum Gasteiger partial charge on any atom is -0.357 e. The molecular weight excluding hydrogens is 574 g/mol. The third kappa shape index (κ3) is 7.11. The molecular formula is C27H26ClF4N3O4S. The summed E-state index contributed by atoms with van der Waals surface area (Å²) in [5, 5.41) is 2.11. The Morgan fingerprint density at radius 2 is 1.62 bits per heavy atom. The van der Waals surface area contributed by atoms with Crippen LogP contribution in [-0.4, -0.2) is 44.8 Å². The van der Waals surface area contributed by atoms with Crippen LogP contribution < -0.4 is 9.62 Å². The van der Waals surface area contributed by atoms with Crippen LogP contribution in [0.15, 0.2) is 77.7 Å². The molecule has 0 radical (unpaired) electrons. The maximum atomic E-state index is 13.8. The van der Waals surface area contributed by atoms with Crippen molar-refractivity contribution in [3.05, 3.63) is 94.8 Å². The number of benzene rings is 3. The van der Waals surface area contributed by atoms with E-state index in [-0.39, 0.29) is 22.9 Å². The summed E-state index contributed by atoms with van der Waals surface area (Å²) in [4.78, 5) is 27.3. The minimum atomic E-state index is -4.83. The van der Waals surface area contributed by atoms with Crippen molar-refractivity contribution in [3.8, 4) is 0 Å². The Labute approximate surface area is 234 Å². The number of nitrogens with zero attached hydrogens (tertiary/aromatic N) is 2. The Morgan fingerprint density at radius 3 is 2.17 bits per heavy atom. The van der Waals surface area contributed by atoms with Gasteiger partial charge in [-0.05, 0) is 54.4 Å². The first kappa shape index (κ1) is 30.9. The van der Waals surface area contributed by atoms with Crippen molar-refractivity contribution in [2.24, 2.45) is 0 Å². The lowest BCUT2D eigenvalue weighted by atomic mass is 10.1. The van der Waals surface area contributed by atoms with Crippen molar-refractivity contribution < 1.29 is 35.6 Å². The van der Waals surface area contributed by atoms with E-state index in [1.54, 1.807) is 13.0 Å². The first-order chi connectivity index (χ1) is 18.8. The molecule has 0 aliphatic carbocycles. The number of rotatable bonds is 10. The zero-order chi connectivity index (χ0) is 29.7. The van der Waals surface area contributed by atoms with Crippen LogP contribution in [0.2, 0.25) is 5.02 Å². The number of hydrogen-bond donors (Lipinski definition) is 1. The van der Waals surface area contributed by atoms with Gasteiger partial charge in [-0.25, -0.2) is 12.8 Å². The molecule has 3 rings (SSSR count). The summed E-state index contributed by atoms with van der Waals surface area (Å²) in [5.74, 6) is -1.97. The van der Waals surface area contributed by atoms with Gasteiger partial charge in [0.15, 0.2) is 0 Å². The van der Waals surface area contributed by atoms with Crippen LogP contribution in [0.25, 0.3) is 0 Å². The lowest BCUT2D eigenvalue weighted by Gasteiger charge is -2.33. The number of hydrogen-bond acceptors (Lipinski definition) is 4. The van der Waals surface area contributed by atoms with E-state index in [4.69, 9.17) is 11.6 Å². The third-order valence-corrected chi connectivity index (χ3v) is 8.14. The van der Waals surface area contributed by atoms with Crippen molar-refractivity contribution in [3.63, 3.8) is 0 Å². The van der Waals surface area contributed by atoms with Crippen LogP contribution in [0.3, 0.4) is 0 Å². The van der Waals surface area contributed by atoms with Gasteiger partial charge in [0.05, 0.1) is 21.2 Å². The molecule has 0 unspecified atom stereocenters. The number of halogens is 5. The number of likely N-dealkylation sites (N-methyl/N-ethyl adjacent to an activating group) is 1. The minimum absolute atomic E-state index is 0.127. The van der Waals surface area contributed by atoms with Crippen LogP contribution in [0.5, 0.6) is 0 Å². The monoisotopic (exact) mass is 599 g/mol. The predicted octanol–water partition coefficient (Wildman–Crippen LogP) is 5.25. The highest BCUT2D eigenvalue weighted by Crippen LogP contribution is 2.37. The fourth-order valence-corrected chi connectivity index (χ4v) is 5.70. The molecule has 3 aromatic rings. The number of alkyl halides is 3. The Hall–Kier alpha value is -3.64. The van der Waals surface area contributed by atoms with Gasteiger partial charge < -0.3 is 10.2 Å². The zero-order valence-electron chi connectivity index (χ0n) is 21.5. The van der Waals surface area contributed by atoms with E-state index in [2.05, 4.69) is 5.32 Å². The van der Waals surface area contributed by atoms with E-state index in [9.17, 15) is 35.6 Å². The molecule has 0 saturated carbocycles. The van der Waals surface area contributed by atoms with Crippen LogP contribution in [-0.2, 0) is 32.3 Å². The third-order valence-electron chi connectivity index (χ3n) is 6.05. The van der Waals surface area contributed by atoms with Crippen LogP contribution >= 0.6 is 11.6 Å². The largest absolute Gasteiger partial charge is 0.416 e. The summed E-state index contributed by atoms with van der Waals surface area (Å²) in [5.41, 5.74) is -1.30. The Balaban J connectivity index is 2.15. The van der Waals surface area contributed by atoms with Gasteiger partial charge in [0, 0.05) is 13.6 Å². The molecule has 1 atom stereocenters. The highest BCUT2D eigenvalue weighted by Gasteiger charge is 2.36. The standard InChI is InChI=1S/C27H26ClF4N3O4S/c1-3-23(26(37)33-2)34(16-18-9-12-20(29)13-10-18)25(36)17-35(40(38,39)21-7-5-4-6-8-21)24-15-19(27(30,31)32)11-14-22(24)28/h4-15,23H,3,16-17H2,1-2H3,(H,33,37)/t23-/m0/s1. The molecule has 3 aromatic carbocycles. The number of nitrogens with one attached hydrogen (secondary N) is 1. The molecule has 0 aliphatic heterocycles. The second-order valence-electron chi connectivity index (χ2n) is 8.68. The smallest absolute Gasteiger partial charge is 0.357 e. The number of carbonyl (C=O) groups is 2. The number of carbonyl (C=O) groups excluding carboxylic acids is 2. The van der Waals surface area contributed by atoms with Gasteiger partial charge in [0.1, 0.15) is 18.4 Å². The average Bonchev–Trinajstić information content (AvgIpc) is 2.92. The Morgan fingerprint density at radius 1 is 1.00 bits per heavy atom. The van der Waals surface area contributed by atoms with Gasteiger partial charge >= 0.3 is 6.18 Å². The van der Waals surface area contributed by atoms with Gasteiger partial charge in [-0.15, -0.1) is 0 Å². The highest BCUT2D eigenvalue weighted by molar-refractivity contribution is 7.92. The van der Waals surface area contributed by atoms with Gasteiger partial charge in [0.2, 0.25) is 11.8 Å². The molecule has 2 amide bonds. The number of amides is 2. The van der Waals surface area contributed by atoms with E-state index in [0.29, 0.717) is 22.0 Å². The molecule has 40 heavy (non-hydrogen) atoms. The van der Waals surface area contributed by atoms with Crippen LogP contribution in [0.1, 0.15) is 24.5 Å². The van der Waals surface area contributed by atoms with E-state index < -0.39 is 57.7 Å². The van der Waals surface area contributed by atoms with Crippen molar-refractivity contribution >= 4 is 39.1 Å². The quantitative estimate of drug-likeness (QED) is 0.323. The maximum Gasteiger partial charge on any atom is 0.416 e. The summed E-state index contributed by atoms with van der Waals surface area (Å²) in [6.45, 7) is 0.445. The lowest BCUT2D eigenvalue weighted by Crippen LogP contribution is -2.51. The molecule has 214 valence electrons. The molecule has 0 aliphatic rings. The van der Waals surface area contributed by atoms with E-state index >= 15 is 0 Å². The zero-order valence-corrected chi connectivity index (χ0v) is 23.0. The lowest BCUT2D eigenvalue weighted by molar-refractivity contribution is -0.140. The van der Waals surface area contributed by atoms with Gasteiger partial charge in [-0.3, -0.25) is 13.9 Å². The molecule has 0 saturated heterocycles. The molecule has 0 fully saturated rings. The molecule has 1 N–H and O–H groups in total. The second kappa shape index (κ2) is 12.7. The normalized spacial score (nSPS) is 12.5. The summed E-state index contributed by atoms with van der Waals surface area (Å²) in [6, 6.07) is 13.0. The molecule has 0 spiro atoms. The van der Waals surface area contributed by atoms with Crippen LogP contribution in [0, 0.1) is 5.82 Å². The van der Waals surface area contributed by atoms with Crippen molar-refractivity contribution in [1.29, 1.82) is 0 Å². The maximum absolute atomic E-state index is 13.8. The van der Waals surface area contributed by atoms with E-state index in [0.717, 1.165) is 23.1 Å². The highest BCUT2D eigenvalue weighted by atomic mass is 35.5. The van der Waals surface area contributed by atoms with Gasteiger partial charge in [-0.2, -0.15) is 13.2 Å². The Bertz CT molecular complexity index is 1450. The summed E-state index contributed by atoms with van der Waals surface area (Å²) in [7, 11) is -3.26. The molecule has 0 aromatic heterocycles. The first-order valence-corrected chi connectivity index (χ1v) is 13.8. The summed E-state index contributed by atoms with van der Waals surface area (Å²) >= 11 is 6.21. The van der Waals surface area contributed by atoms with Gasteiger partial charge in [0.25, 0.3) is 10.0 Å². The predicted molar refractivity (Wildman–Crippen MR) is 143 cm³/mol. The SMILES string of the molecule is CC[C@@H](C(=O)NC)N(Cc1ccc(F)cc1)C(=O)CN(c1cc(C(F)(F)F)ccc1Cl)S(=O)(=O)c1ccccc1. The topological polar surface area (TPSA) is 86.8 Å². The molecule has 0 bridgehead atoms. The fourth-order valence-electron chi connectivity index (χ4n) is 3.99. The van der Waals surface area contributed by atoms with Crippen molar-refractivity contribution in [2.75, 3.05) is 17.9 Å². The summed E-state index contributed by atoms with van der Waals surface area (Å²) < 4.78 is 82.1. The number of sulfonamides is 1. The Kier molecular flexibility index (Phi) is 9.80.